The van der Waals surface area contributed by atoms with Gasteiger partial charge in [0, 0.05) is 30.1 Å². The maximum absolute atomic E-state index is 12.5. The molecule has 0 unspecified atom stereocenters. The average Bonchev–Trinajstić information content (AvgIpc) is 3.44. The molecule has 0 saturated heterocycles. The first-order chi connectivity index (χ1) is 13.7. The Balaban J connectivity index is 1.45. The predicted octanol–water partition coefficient (Wildman–Crippen LogP) is 4.14. The van der Waals surface area contributed by atoms with Crippen molar-refractivity contribution in [3.05, 3.63) is 76.9 Å². The van der Waals surface area contributed by atoms with Gasteiger partial charge < -0.3 is 10.1 Å². The molecule has 3 heterocycles. The van der Waals surface area contributed by atoms with Crippen molar-refractivity contribution in [3.8, 4) is 28.1 Å². The van der Waals surface area contributed by atoms with Gasteiger partial charge in [0.15, 0.2) is 0 Å². The highest BCUT2D eigenvalue weighted by Crippen LogP contribution is 2.28. The van der Waals surface area contributed by atoms with Crippen molar-refractivity contribution in [3.63, 3.8) is 0 Å². The number of rotatable bonds is 6. The van der Waals surface area contributed by atoms with E-state index in [0.717, 1.165) is 22.3 Å². The average molecular weight is 390 g/mol. The molecular formula is C21H18N4O2S. The van der Waals surface area contributed by atoms with Crippen molar-refractivity contribution in [2.45, 2.75) is 6.54 Å². The first-order valence-electron chi connectivity index (χ1n) is 8.68. The number of H-pyrrole nitrogens is 1. The highest BCUT2D eigenvalue weighted by atomic mass is 32.1. The number of nitrogens with zero attached hydrogens (tertiary/aromatic N) is 2. The molecule has 28 heavy (non-hydrogen) atoms. The lowest BCUT2D eigenvalue weighted by molar-refractivity contribution is 0.0946. The smallest absolute Gasteiger partial charge is 0.269 e. The molecule has 0 aliphatic rings. The van der Waals surface area contributed by atoms with Crippen LogP contribution in [0.4, 0.5) is 0 Å². The molecule has 1 aromatic carbocycles. The molecule has 0 aliphatic carbocycles. The second kappa shape index (κ2) is 8.06. The Morgan fingerprint density at radius 3 is 2.89 bits per heavy atom. The van der Waals surface area contributed by atoms with Crippen LogP contribution in [0.25, 0.3) is 22.4 Å². The van der Waals surface area contributed by atoms with Crippen molar-refractivity contribution >= 4 is 17.2 Å². The van der Waals surface area contributed by atoms with Gasteiger partial charge in [0.2, 0.25) is 0 Å². The van der Waals surface area contributed by atoms with E-state index in [1.165, 1.54) is 0 Å². The van der Waals surface area contributed by atoms with Crippen LogP contribution in [-0.2, 0) is 6.54 Å². The Kier molecular flexibility index (Phi) is 5.16. The summed E-state index contributed by atoms with van der Waals surface area (Å²) >= 11 is 1.64. The zero-order valence-corrected chi connectivity index (χ0v) is 16.0. The third-order valence-corrected chi connectivity index (χ3v) is 4.99. The number of amides is 1. The van der Waals surface area contributed by atoms with E-state index in [4.69, 9.17) is 4.74 Å². The summed E-state index contributed by atoms with van der Waals surface area (Å²) in [6, 6.07) is 13.3. The number of carbonyl (C=O) groups excluding carboxylic acids is 1. The summed E-state index contributed by atoms with van der Waals surface area (Å²) in [5, 5.41) is 14.0. The molecule has 4 aromatic rings. The largest absolute Gasteiger partial charge is 0.496 e. The lowest BCUT2D eigenvalue weighted by Crippen LogP contribution is -2.23. The maximum Gasteiger partial charge on any atom is 0.269 e. The number of pyridine rings is 1. The maximum atomic E-state index is 12.5. The van der Waals surface area contributed by atoms with Gasteiger partial charge >= 0.3 is 0 Å². The quantitative estimate of drug-likeness (QED) is 0.519. The molecule has 0 aliphatic heterocycles. The second-order valence-electron chi connectivity index (χ2n) is 6.14. The van der Waals surface area contributed by atoms with E-state index in [2.05, 4.69) is 25.9 Å². The van der Waals surface area contributed by atoms with Crippen LogP contribution >= 0.6 is 11.3 Å². The van der Waals surface area contributed by atoms with Gasteiger partial charge in [0.05, 0.1) is 12.8 Å². The minimum Gasteiger partial charge on any atom is -0.496 e. The molecule has 4 rings (SSSR count). The van der Waals surface area contributed by atoms with Crippen LogP contribution in [0.2, 0.25) is 0 Å². The van der Waals surface area contributed by atoms with E-state index in [1.54, 1.807) is 30.7 Å². The monoisotopic (exact) mass is 390 g/mol. The molecule has 140 valence electrons. The van der Waals surface area contributed by atoms with Crippen molar-refractivity contribution < 1.29 is 9.53 Å². The number of para-hydroxylation sites is 1. The minimum atomic E-state index is -0.227. The fraction of sp³-hybridized carbons (Fsp3) is 0.0952. The number of hydrogen-bond acceptors (Lipinski definition) is 5. The fourth-order valence-electron chi connectivity index (χ4n) is 2.88. The highest BCUT2D eigenvalue weighted by molar-refractivity contribution is 7.08. The number of hydrogen-bond donors (Lipinski definition) is 2. The normalized spacial score (nSPS) is 10.6. The van der Waals surface area contributed by atoms with E-state index >= 15 is 0 Å². The van der Waals surface area contributed by atoms with Crippen molar-refractivity contribution in [2.24, 2.45) is 0 Å². The Labute approximate surface area is 166 Å². The number of aromatic amines is 1. The van der Waals surface area contributed by atoms with E-state index in [1.807, 2.05) is 48.0 Å². The molecule has 0 saturated carbocycles. The SMILES string of the molecule is COc1ccccc1-c1cc(C(=O)NCc2cncc(-c3ccsc3)c2)[nH]n1. The Morgan fingerprint density at radius 2 is 2.07 bits per heavy atom. The van der Waals surface area contributed by atoms with Crippen molar-refractivity contribution in [2.75, 3.05) is 7.11 Å². The fourth-order valence-corrected chi connectivity index (χ4v) is 3.55. The van der Waals surface area contributed by atoms with E-state index < -0.39 is 0 Å². The molecule has 7 heteroatoms. The first-order valence-corrected chi connectivity index (χ1v) is 9.62. The number of ether oxygens (including phenoxy) is 1. The summed E-state index contributed by atoms with van der Waals surface area (Å²) in [6.45, 7) is 0.382. The van der Waals surface area contributed by atoms with Gasteiger partial charge in [-0.05, 0) is 52.2 Å². The Morgan fingerprint density at radius 1 is 1.18 bits per heavy atom. The van der Waals surface area contributed by atoms with Gasteiger partial charge in [-0.1, -0.05) is 12.1 Å². The summed E-state index contributed by atoms with van der Waals surface area (Å²) in [7, 11) is 1.61. The molecular weight excluding hydrogens is 372 g/mol. The molecule has 3 aromatic heterocycles. The van der Waals surface area contributed by atoms with Crippen molar-refractivity contribution in [1.29, 1.82) is 0 Å². The summed E-state index contributed by atoms with van der Waals surface area (Å²) < 4.78 is 5.36. The van der Waals surface area contributed by atoms with Crippen LogP contribution in [0.5, 0.6) is 5.75 Å². The minimum absolute atomic E-state index is 0.227. The molecule has 0 atom stereocenters. The number of benzene rings is 1. The molecule has 2 N–H and O–H groups in total. The summed E-state index contributed by atoms with van der Waals surface area (Å²) in [4.78, 5) is 16.8. The molecule has 0 spiro atoms. The van der Waals surface area contributed by atoms with Crippen LogP contribution in [0.15, 0.2) is 65.6 Å². The van der Waals surface area contributed by atoms with Crippen LogP contribution in [0, 0.1) is 0 Å². The number of carbonyl (C=O) groups is 1. The standard InChI is InChI=1S/C21H18N4O2S/c1-27-20-5-3-2-4-17(20)18-9-19(25-24-18)21(26)23-11-14-8-16(12-22-10-14)15-6-7-28-13-15/h2-10,12-13H,11H2,1H3,(H,23,26)(H,24,25). The lowest BCUT2D eigenvalue weighted by Gasteiger charge is -2.05. The summed E-state index contributed by atoms with van der Waals surface area (Å²) in [5.41, 5.74) is 4.97. The molecule has 6 nitrogen and oxygen atoms in total. The van der Waals surface area contributed by atoms with Gasteiger partial charge in [-0.25, -0.2) is 0 Å². The summed E-state index contributed by atoms with van der Waals surface area (Å²) in [6.07, 6.45) is 3.57. The first kappa shape index (κ1) is 17.9. The van der Waals surface area contributed by atoms with Gasteiger partial charge in [-0.2, -0.15) is 16.4 Å². The van der Waals surface area contributed by atoms with Crippen LogP contribution in [0.3, 0.4) is 0 Å². The Bertz CT molecular complexity index is 1090. The van der Waals surface area contributed by atoms with Gasteiger partial charge in [0.1, 0.15) is 11.4 Å². The molecule has 0 bridgehead atoms. The van der Waals surface area contributed by atoms with Crippen LogP contribution in [0.1, 0.15) is 16.1 Å². The zero-order chi connectivity index (χ0) is 19.3. The topological polar surface area (TPSA) is 79.9 Å². The van der Waals surface area contributed by atoms with Gasteiger partial charge in [-0.3, -0.25) is 14.9 Å². The second-order valence-corrected chi connectivity index (χ2v) is 6.92. The van der Waals surface area contributed by atoms with E-state index in [-0.39, 0.29) is 5.91 Å². The van der Waals surface area contributed by atoms with Crippen LogP contribution < -0.4 is 10.1 Å². The number of nitrogens with one attached hydrogen (secondary N) is 2. The van der Waals surface area contributed by atoms with E-state index in [9.17, 15) is 4.79 Å². The number of methoxy groups -OCH3 is 1. The number of thiophene rings is 1. The predicted molar refractivity (Wildman–Crippen MR) is 109 cm³/mol. The Hall–Kier alpha value is -3.45. The summed E-state index contributed by atoms with van der Waals surface area (Å²) in [5.74, 6) is 0.479. The molecule has 1 amide bonds. The zero-order valence-electron chi connectivity index (χ0n) is 15.2. The highest BCUT2D eigenvalue weighted by Gasteiger charge is 2.13. The van der Waals surface area contributed by atoms with E-state index in [0.29, 0.717) is 23.7 Å². The van der Waals surface area contributed by atoms with Crippen molar-refractivity contribution in [1.82, 2.24) is 20.5 Å². The lowest BCUT2D eigenvalue weighted by atomic mass is 10.1. The molecule has 0 radical (unpaired) electrons. The van der Waals surface area contributed by atoms with Gasteiger partial charge in [0.25, 0.3) is 5.91 Å². The number of aromatic nitrogens is 3. The molecule has 0 fully saturated rings. The van der Waals surface area contributed by atoms with Crippen LogP contribution in [-0.4, -0.2) is 28.2 Å². The third-order valence-electron chi connectivity index (χ3n) is 4.31. The third kappa shape index (κ3) is 3.79. The van der Waals surface area contributed by atoms with Gasteiger partial charge in [-0.15, -0.1) is 0 Å².